The molecule has 0 bridgehead atoms. The third-order valence-corrected chi connectivity index (χ3v) is 2.57. The third-order valence-electron chi connectivity index (χ3n) is 2.57. The van der Waals surface area contributed by atoms with E-state index in [1.165, 1.54) is 0 Å². The fourth-order valence-corrected chi connectivity index (χ4v) is 1.68. The number of hydrogen-bond acceptors (Lipinski definition) is 4. The van der Waals surface area contributed by atoms with Gasteiger partial charge in [-0.3, -0.25) is 10.1 Å². The quantitative estimate of drug-likeness (QED) is 0.635. The van der Waals surface area contributed by atoms with E-state index in [2.05, 4.69) is 17.0 Å². The minimum absolute atomic E-state index is 0.0662. The van der Waals surface area contributed by atoms with Crippen molar-refractivity contribution in [1.29, 1.82) is 5.41 Å². The molecule has 0 fully saturated rings. The van der Waals surface area contributed by atoms with Crippen LogP contribution in [0, 0.1) is 12.3 Å². The predicted octanol–water partition coefficient (Wildman–Crippen LogP) is 2.07. The van der Waals surface area contributed by atoms with E-state index in [1.807, 2.05) is 6.92 Å². The molecule has 6 nitrogen and oxygen atoms in total. The third kappa shape index (κ3) is 3.09. The lowest BCUT2D eigenvalue weighted by Crippen LogP contribution is -2.13. The Morgan fingerprint density at radius 2 is 2.26 bits per heavy atom. The molecule has 2 heterocycles. The Labute approximate surface area is 111 Å². The van der Waals surface area contributed by atoms with Gasteiger partial charge in [0.05, 0.1) is 18.0 Å². The number of nitrogens with two attached hydrogens (primary N) is 1. The zero-order chi connectivity index (χ0) is 13.8. The highest BCUT2D eigenvalue weighted by Gasteiger charge is 2.11. The second kappa shape index (κ2) is 5.51. The van der Waals surface area contributed by atoms with E-state index in [0.717, 1.165) is 18.7 Å². The molecule has 2 aromatic heterocycles. The van der Waals surface area contributed by atoms with E-state index < -0.39 is 0 Å². The first kappa shape index (κ1) is 13.1. The van der Waals surface area contributed by atoms with E-state index in [-0.39, 0.29) is 5.84 Å². The van der Waals surface area contributed by atoms with Gasteiger partial charge in [-0.05, 0) is 25.5 Å². The minimum Gasteiger partial charge on any atom is -0.435 e. The Balaban J connectivity index is 2.26. The van der Waals surface area contributed by atoms with Gasteiger partial charge >= 0.3 is 0 Å². The standard InChI is InChI=1S/C13H17N5O/c1-3-6-18-8-10(7-16-18)19-13-11(12(14)15)5-4-9(2)17-13/h4-5,7-8H,3,6H2,1-2H3,(H3,14,15). The van der Waals surface area contributed by atoms with Crippen molar-refractivity contribution < 1.29 is 4.74 Å². The Kier molecular flexibility index (Phi) is 3.79. The molecule has 0 spiro atoms. The molecule has 6 heteroatoms. The zero-order valence-electron chi connectivity index (χ0n) is 11.1. The summed E-state index contributed by atoms with van der Waals surface area (Å²) in [5.41, 5.74) is 6.80. The van der Waals surface area contributed by atoms with E-state index >= 15 is 0 Å². The van der Waals surface area contributed by atoms with Crippen LogP contribution in [0.4, 0.5) is 0 Å². The first-order valence-corrected chi connectivity index (χ1v) is 6.12. The lowest BCUT2D eigenvalue weighted by atomic mass is 10.2. The van der Waals surface area contributed by atoms with Crippen LogP contribution in [0.15, 0.2) is 24.5 Å². The lowest BCUT2D eigenvalue weighted by Gasteiger charge is -2.08. The van der Waals surface area contributed by atoms with Crippen LogP contribution < -0.4 is 10.5 Å². The van der Waals surface area contributed by atoms with Crippen LogP contribution in [0.1, 0.15) is 24.6 Å². The maximum atomic E-state index is 7.52. The summed E-state index contributed by atoms with van der Waals surface area (Å²) in [6.45, 7) is 4.78. The lowest BCUT2D eigenvalue weighted by molar-refractivity contribution is 0.459. The highest BCUT2D eigenvalue weighted by molar-refractivity contribution is 5.97. The molecule has 2 rings (SSSR count). The molecular weight excluding hydrogens is 242 g/mol. The van der Waals surface area contributed by atoms with Gasteiger partial charge in [0, 0.05) is 12.2 Å². The van der Waals surface area contributed by atoms with Crippen molar-refractivity contribution in [2.45, 2.75) is 26.8 Å². The topological polar surface area (TPSA) is 89.8 Å². The highest BCUT2D eigenvalue weighted by atomic mass is 16.5. The van der Waals surface area contributed by atoms with Crippen LogP contribution in [0.25, 0.3) is 0 Å². The van der Waals surface area contributed by atoms with Crippen molar-refractivity contribution in [3.63, 3.8) is 0 Å². The van der Waals surface area contributed by atoms with E-state index in [9.17, 15) is 0 Å². The number of amidine groups is 1. The molecule has 0 radical (unpaired) electrons. The number of aryl methyl sites for hydroxylation is 2. The largest absolute Gasteiger partial charge is 0.435 e. The van der Waals surface area contributed by atoms with Gasteiger partial charge in [-0.1, -0.05) is 6.92 Å². The van der Waals surface area contributed by atoms with E-state index in [4.69, 9.17) is 15.9 Å². The number of nitrogen functional groups attached to an aromatic ring is 1. The summed E-state index contributed by atoms with van der Waals surface area (Å²) >= 11 is 0. The van der Waals surface area contributed by atoms with Crippen LogP contribution >= 0.6 is 0 Å². The van der Waals surface area contributed by atoms with Crippen molar-refractivity contribution in [1.82, 2.24) is 14.8 Å². The van der Waals surface area contributed by atoms with Gasteiger partial charge in [-0.15, -0.1) is 0 Å². The summed E-state index contributed by atoms with van der Waals surface area (Å²) in [6, 6.07) is 3.53. The molecule has 0 amide bonds. The molecule has 2 aromatic rings. The number of pyridine rings is 1. The van der Waals surface area contributed by atoms with Gasteiger partial charge < -0.3 is 10.5 Å². The van der Waals surface area contributed by atoms with Crippen LogP contribution in [0.2, 0.25) is 0 Å². The molecule has 100 valence electrons. The summed E-state index contributed by atoms with van der Waals surface area (Å²) in [7, 11) is 0. The first-order chi connectivity index (χ1) is 9.10. The van der Waals surface area contributed by atoms with E-state index in [0.29, 0.717) is 17.2 Å². The molecule has 0 aromatic carbocycles. The maximum absolute atomic E-state index is 7.52. The molecule has 0 unspecified atom stereocenters. The average Bonchev–Trinajstić information content (AvgIpc) is 2.77. The van der Waals surface area contributed by atoms with Gasteiger partial charge in [-0.2, -0.15) is 5.10 Å². The van der Waals surface area contributed by atoms with Gasteiger partial charge in [0.15, 0.2) is 5.75 Å². The second-order valence-electron chi connectivity index (χ2n) is 4.26. The summed E-state index contributed by atoms with van der Waals surface area (Å²) in [5.74, 6) is 0.862. The average molecular weight is 259 g/mol. The molecule has 19 heavy (non-hydrogen) atoms. The molecule has 0 aliphatic heterocycles. The molecular formula is C13H17N5O. The molecule has 0 atom stereocenters. The van der Waals surface area contributed by atoms with Gasteiger partial charge in [-0.25, -0.2) is 4.98 Å². The van der Waals surface area contributed by atoms with Gasteiger partial charge in [0.25, 0.3) is 0 Å². The highest BCUT2D eigenvalue weighted by Crippen LogP contribution is 2.23. The number of nitrogens with zero attached hydrogens (tertiary/aromatic N) is 3. The van der Waals surface area contributed by atoms with Crippen LogP contribution in [0.5, 0.6) is 11.6 Å². The van der Waals surface area contributed by atoms with Crippen molar-refractivity contribution in [2.75, 3.05) is 0 Å². The summed E-state index contributed by atoms with van der Waals surface area (Å²) < 4.78 is 7.47. The molecule has 0 aliphatic rings. The second-order valence-corrected chi connectivity index (χ2v) is 4.26. The Morgan fingerprint density at radius 3 is 2.95 bits per heavy atom. The monoisotopic (exact) mass is 259 g/mol. The Hall–Kier alpha value is -2.37. The Bertz CT molecular complexity index is 590. The first-order valence-electron chi connectivity index (χ1n) is 6.12. The fourth-order valence-electron chi connectivity index (χ4n) is 1.68. The molecule has 0 saturated carbocycles. The molecule has 0 saturated heterocycles. The zero-order valence-corrected chi connectivity index (χ0v) is 11.1. The number of aromatic nitrogens is 3. The van der Waals surface area contributed by atoms with Crippen molar-refractivity contribution in [3.8, 4) is 11.6 Å². The number of rotatable bonds is 5. The Morgan fingerprint density at radius 1 is 1.47 bits per heavy atom. The smallest absolute Gasteiger partial charge is 0.230 e. The van der Waals surface area contributed by atoms with Gasteiger partial charge in [0.1, 0.15) is 5.84 Å². The summed E-state index contributed by atoms with van der Waals surface area (Å²) in [5, 5.41) is 11.7. The van der Waals surface area contributed by atoms with Crippen molar-refractivity contribution >= 4 is 5.84 Å². The van der Waals surface area contributed by atoms with Crippen molar-refractivity contribution in [3.05, 3.63) is 35.8 Å². The van der Waals surface area contributed by atoms with Crippen molar-refractivity contribution in [2.24, 2.45) is 5.73 Å². The summed E-state index contributed by atoms with van der Waals surface area (Å²) in [6.07, 6.45) is 4.43. The maximum Gasteiger partial charge on any atom is 0.230 e. The minimum atomic E-state index is -0.0662. The molecule has 0 aliphatic carbocycles. The normalized spacial score (nSPS) is 10.4. The number of ether oxygens (including phenoxy) is 1. The van der Waals surface area contributed by atoms with Crippen LogP contribution in [0.3, 0.4) is 0 Å². The SMILES string of the molecule is CCCn1cc(Oc2nc(C)ccc2C(=N)N)cn1. The molecule has 3 N–H and O–H groups in total. The van der Waals surface area contributed by atoms with Gasteiger partial charge in [0.2, 0.25) is 5.88 Å². The van der Waals surface area contributed by atoms with Crippen LogP contribution in [-0.4, -0.2) is 20.6 Å². The fraction of sp³-hybridized carbons (Fsp3) is 0.308. The number of nitrogens with one attached hydrogen (secondary N) is 1. The van der Waals surface area contributed by atoms with E-state index in [1.54, 1.807) is 29.2 Å². The number of hydrogen-bond donors (Lipinski definition) is 2. The van der Waals surface area contributed by atoms with Crippen LogP contribution in [-0.2, 0) is 6.54 Å². The predicted molar refractivity (Wildman–Crippen MR) is 72.6 cm³/mol. The summed E-state index contributed by atoms with van der Waals surface area (Å²) in [4.78, 5) is 4.26.